The molecule has 0 amide bonds. The molecule has 1 aromatic rings. The van der Waals surface area contributed by atoms with Crippen LogP contribution in [-0.4, -0.2) is 28.3 Å². The zero-order valence-electron chi connectivity index (χ0n) is 10.1. The molecule has 0 aliphatic carbocycles. The number of hydrogen-bond acceptors (Lipinski definition) is 4. The molecule has 0 saturated heterocycles. The first-order valence-electron chi connectivity index (χ1n) is 5.16. The number of methoxy groups -OCH3 is 1. The quantitative estimate of drug-likeness (QED) is 0.651. The van der Waals surface area contributed by atoms with E-state index >= 15 is 0 Å². The number of ether oxygens (including phenoxy) is 1. The van der Waals surface area contributed by atoms with Crippen LogP contribution >= 0.6 is 11.8 Å². The second-order valence-electron chi connectivity index (χ2n) is 4.79. The van der Waals surface area contributed by atoms with Crippen LogP contribution in [0.1, 0.15) is 27.2 Å². The summed E-state index contributed by atoms with van der Waals surface area (Å²) in [6, 6.07) is 0. The number of thioether (sulfide) groups is 1. The Balaban J connectivity index is 2.68. The molecule has 0 radical (unpaired) electrons. The van der Waals surface area contributed by atoms with Gasteiger partial charge in [-0.25, -0.2) is 4.98 Å². The Kier molecular flexibility index (Phi) is 4.41. The predicted molar refractivity (Wildman–Crippen MR) is 64.3 cm³/mol. The number of nitrogens with zero attached hydrogens (tertiary/aromatic N) is 1. The van der Waals surface area contributed by atoms with Gasteiger partial charge in [0.1, 0.15) is 5.25 Å². The SMILES string of the molecule is COC(=O)[C@@H](CC(C)(C)C)Sc1ncc[nH]1. The number of hydrogen-bond donors (Lipinski definition) is 1. The highest BCUT2D eigenvalue weighted by molar-refractivity contribution is 8.00. The number of nitrogens with one attached hydrogen (secondary N) is 1. The molecule has 0 bridgehead atoms. The number of aromatic amines is 1. The third-order valence-corrected chi connectivity index (χ3v) is 3.08. The predicted octanol–water partition coefficient (Wildman–Crippen LogP) is 2.48. The van der Waals surface area contributed by atoms with Crippen molar-refractivity contribution in [2.45, 2.75) is 37.6 Å². The highest BCUT2D eigenvalue weighted by Gasteiger charge is 2.27. The average molecular weight is 242 g/mol. The lowest BCUT2D eigenvalue weighted by atomic mass is 9.90. The van der Waals surface area contributed by atoms with Crippen LogP contribution in [-0.2, 0) is 9.53 Å². The van der Waals surface area contributed by atoms with Gasteiger partial charge in [0.15, 0.2) is 5.16 Å². The molecule has 0 aliphatic heterocycles. The Hall–Kier alpha value is -0.970. The van der Waals surface area contributed by atoms with Crippen molar-refractivity contribution in [2.75, 3.05) is 7.11 Å². The fourth-order valence-electron chi connectivity index (χ4n) is 1.31. The van der Waals surface area contributed by atoms with Crippen molar-refractivity contribution >= 4 is 17.7 Å². The van der Waals surface area contributed by atoms with E-state index in [4.69, 9.17) is 4.74 Å². The van der Waals surface area contributed by atoms with E-state index in [2.05, 4.69) is 30.7 Å². The van der Waals surface area contributed by atoms with Gasteiger partial charge in [-0.2, -0.15) is 0 Å². The van der Waals surface area contributed by atoms with Crippen molar-refractivity contribution in [3.8, 4) is 0 Å². The summed E-state index contributed by atoms with van der Waals surface area (Å²) in [5, 5.41) is 0.538. The van der Waals surface area contributed by atoms with Crippen LogP contribution in [0.15, 0.2) is 17.6 Å². The summed E-state index contributed by atoms with van der Waals surface area (Å²) in [4.78, 5) is 18.7. The van der Waals surface area contributed by atoms with Gasteiger partial charge in [0.25, 0.3) is 0 Å². The number of carbonyl (C=O) groups is 1. The van der Waals surface area contributed by atoms with E-state index in [0.717, 1.165) is 11.6 Å². The van der Waals surface area contributed by atoms with Gasteiger partial charge < -0.3 is 9.72 Å². The molecule has 0 spiro atoms. The molecule has 0 aromatic carbocycles. The summed E-state index contributed by atoms with van der Waals surface area (Å²) in [7, 11) is 1.42. The van der Waals surface area contributed by atoms with Crippen molar-refractivity contribution in [1.29, 1.82) is 0 Å². The van der Waals surface area contributed by atoms with E-state index in [9.17, 15) is 4.79 Å². The first-order valence-corrected chi connectivity index (χ1v) is 6.04. The molecule has 4 nitrogen and oxygen atoms in total. The molecule has 90 valence electrons. The summed E-state index contributed by atoms with van der Waals surface area (Å²) in [5.74, 6) is -0.198. The molecule has 16 heavy (non-hydrogen) atoms. The largest absolute Gasteiger partial charge is 0.468 e. The number of aromatic nitrogens is 2. The maximum atomic E-state index is 11.6. The zero-order chi connectivity index (χ0) is 12.2. The molecule has 1 heterocycles. The van der Waals surface area contributed by atoms with Crippen LogP contribution in [0.2, 0.25) is 0 Å². The molecule has 1 rings (SSSR count). The van der Waals surface area contributed by atoms with E-state index < -0.39 is 0 Å². The minimum Gasteiger partial charge on any atom is -0.468 e. The average Bonchev–Trinajstić information content (AvgIpc) is 2.66. The topological polar surface area (TPSA) is 55.0 Å². The van der Waals surface area contributed by atoms with Crippen molar-refractivity contribution < 1.29 is 9.53 Å². The lowest BCUT2D eigenvalue weighted by Gasteiger charge is -2.23. The number of carbonyl (C=O) groups excluding carboxylic acids is 1. The van der Waals surface area contributed by atoms with Crippen molar-refractivity contribution in [3.05, 3.63) is 12.4 Å². The Morgan fingerprint density at radius 1 is 1.62 bits per heavy atom. The normalized spacial score (nSPS) is 13.5. The van der Waals surface area contributed by atoms with Gasteiger partial charge in [0.2, 0.25) is 0 Å². The van der Waals surface area contributed by atoms with Crippen molar-refractivity contribution in [3.63, 3.8) is 0 Å². The second kappa shape index (κ2) is 5.39. The molecule has 0 saturated carbocycles. The fraction of sp³-hybridized carbons (Fsp3) is 0.636. The Bertz CT molecular complexity index is 330. The van der Waals surface area contributed by atoms with Crippen molar-refractivity contribution in [2.24, 2.45) is 5.41 Å². The second-order valence-corrected chi connectivity index (χ2v) is 5.98. The summed E-state index contributed by atoms with van der Waals surface area (Å²) < 4.78 is 4.81. The summed E-state index contributed by atoms with van der Waals surface area (Å²) in [6.07, 6.45) is 4.17. The lowest BCUT2D eigenvalue weighted by Crippen LogP contribution is -2.24. The third-order valence-electron chi connectivity index (χ3n) is 1.99. The van der Waals surface area contributed by atoms with Crippen LogP contribution in [0.25, 0.3) is 0 Å². The lowest BCUT2D eigenvalue weighted by molar-refractivity contribution is -0.140. The van der Waals surface area contributed by atoms with Gasteiger partial charge in [-0.3, -0.25) is 4.79 Å². The minimum absolute atomic E-state index is 0.0818. The molecule has 1 N–H and O–H groups in total. The minimum atomic E-state index is -0.212. The molecule has 0 fully saturated rings. The molecule has 0 unspecified atom stereocenters. The fourth-order valence-corrected chi connectivity index (χ4v) is 2.61. The van der Waals surface area contributed by atoms with Crippen LogP contribution in [0, 0.1) is 5.41 Å². The number of imidazole rings is 1. The van der Waals surface area contributed by atoms with E-state index in [-0.39, 0.29) is 16.6 Å². The molecule has 0 aliphatic rings. The van der Waals surface area contributed by atoms with E-state index in [1.165, 1.54) is 18.9 Å². The Labute approximate surface area is 100 Å². The van der Waals surface area contributed by atoms with Gasteiger partial charge >= 0.3 is 5.97 Å². The van der Waals surface area contributed by atoms with Gasteiger partial charge in [0, 0.05) is 12.4 Å². The zero-order valence-corrected chi connectivity index (χ0v) is 10.9. The van der Waals surface area contributed by atoms with Gasteiger partial charge in [-0.1, -0.05) is 32.5 Å². The summed E-state index contributed by atoms with van der Waals surface area (Å²) >= 11 is 1.41. The summed E-state index contributed by atoms with van der Waals surface area (Å²) in [6.45, 7) is 6.31. The maximum Gasteiger partial charge on any atom is 0.319 e. The smallest absolute Gasteiger partial charge is 0.319 e. The van der Waals surface area contributed by atoms with Crippen LogP contribution in [0.3, 0.4) is 0 Å². The van der Waals surface area contributed by atoms with E-state index in [1.54, 1.807) is 12.4 Å². The standard InChI is InChI=1S/C11H18N2O2S/c1-11(2,3)7-8(9(14)15-4)16-10-12-5-6-13-10/h5-6,8H,7H2,1-4H3,(H,12,13)/t8-/m1/s1. The number of H-pyrrole nitrogens is 1. The molecular weight excluding hydrogens is 224 g/mol. The highest BCUT2D eigenvalue weighted by atomic mass is 32.2. The van der Waals surface area contributed by atoms with Gasteiger partial charge in [0.05, 0.1) is 7.11 Å². The first kappa shape index (κ1) is 13.1. The molecule has 1 atom stereocenters. The summed E-state index contributed by atoms with van der Waals surface area (Å²) in [5.41, 5.74) is 0.0818. The molecular formula is C11H18N2O2S. The van der Waals surface area contributed by atoms with Crippen LogP contribution < -0.4 is 0 Å². The van der Waals surface area contributed by atoms with E-state index in [1.807, 2.05) is 0 Å². The first-order chi connectivity index (χ1) is 7.42. The third kappa shape index (κ3) is 4.26. The van der Waals surface area contributed by atoms with Crippen LogP contribution in [0.5, 0.6) is 0 Å². The molecule has 5 heteroatoms. The Morgan fingerprint density at radius 3 is 2.75 bits per heavy atom. The maximum absolute atomic E-state index is 11.6. The van der Waals surface area contributed by atoms with Gasteiger partial charge in [-0.05, 0) is 11.8 Å². The van der Waals surface area contributed by atoms with Gasteiger partial charge in [-0.15, -0.1) is 0 Å². The number of esters is 1. The van der Waals surface area contributed by atoms with Crippen molar-refractivity contribution in [1.82, 2.24) is 9.97 Å². The highest BCUT2D eigenvalue weighted by Crippen LogP contribution is 2.31. The van der Waals surface area contributed by atoms with Crippen LogP contribution in [0.4, 0.5) is 0 Å². The number of rotatable bonds is 4. The monoisotopic (exact) mass is 242 g/mol. The molecule has 1 aromatic heterocycles. The van der Waals surface area contributed by atoms with E-state index in [0.29, 0.717) is 0 Å². The Morgan fingerprint density at radius 2 is 2.31 bits per heavy atom.